The number of carbonyl (C=O) groups is 1. The first-order valence-electron chi connectivity index (χ1n) is 6.98. The summed E-state index contributed by atoms with van der Waals surface area (Å²) in [6, 6.07) is 15.8. The molecule has 1 aliphatic heterocycles. The second-order valence-corrected chi connectivity index (χ2v) is 6.22. The topological polar surface area (TPSA) is 40.5 Å². The summed E-state index contributed by atoms with van der Waals surface area (Å²) in [5, 5.41) is 9.36. The first kappa shape index (κ1) is 14.1. The molecule has 0 amide bonds. The van der Waals surface area contributed by atoms with E-state index in [0.717, 1.165) is 29.7 Å². The quantitative estimate of drug-likeness (QED) is 0.908. The van der Waals surface area contributed by atoms with Gasteiger partial charge in [-0.25, -0.2) is 4.79 Å². The Bertz CT molecular complexity index is 657. The maximum atomic E-state index is 11.4. The van der Waals surface area contributed by atoms with Crippen molar-refractivity contribution in [1.29, 1.82) is 0 Å². The predicted octanol–water partition coefficient (Wildman–Crippen LogP) is 4.14. The molecule has 2 aromatic carbocycles. The molecule has 4 heteroatoms. The smallest absolute Gasteiger partial charge is 0.337 e. The average molecular weight is 346 g/mol. The standard InChI is InChI=1S/C17H16BrNO2/c18-14-6-7-15(17(20)21)16(10-14)19-9-8-13(11-19)12-4-2-1-3-5-12/h1-7,10,13H,8-9,11H2,(H,20,21). The summed E-state index contributed by atoms with van der Waals surface area (Å²) in [7, 11) is 0. The van der Waals surface area contributed by atoms with Gasteiger partial charge < -0.3 is 10.0 Å². The van der Waals surface area contributed by atoms with Gasteiger partial charge in [-0.3, -0.25) is 0 Å². The van der Waals surface area contributed by atoms with E-state index in [0.29, 0.717) is 11.5 Å². The number of benzene rings is 2. The normalized spacial score (nSPS) is 18.0. The number of halogens is 1. The third-order valence-electron chi connectivity index (χ3n) is 3.99. The van der Waals surface area contributed by atoms with Gasteiger partial charge in [-0.2, -0.15) is 0 Å². The van der Waals surface area contributed by atoms with Crippen LogP contribution in [0.15, 0.2) is 53.0 Å². The molecular formula is C17H16BrNO2. The molecule has 1 atom stereocenters. The lowest BCUT2D eigenvalue weighted by atomic mass is 9.99. The summed E-state index contributed by atoms with van der Waals surface area (Å²) in [6.45, 7) is 1.75. The van der Waals surface area contributed by atoms with Crippen LogP contribution in [0.25, 0.3) is 0 Å². The third kappa shape index (κ3) is 2.95. The van der Waals surface area contributed by atoms with Gasteiger partial charge in [0.05, 0.1) is 11.3 Å². The summed E-state index contributed by atoms with van der Waals surface area (Å²) in [5.41, 5.74) is 2.49. The van der Waals surface area contributed by atoms with Gasteiger partial charge >= 0.3 is 5.97 Å². The first-order valence-corrected chi connectivity index (χ1v) is 7.77. The van der Waals surface area contributed by atoms with Crippen molar-refractivity contribution in [3.63, 3.8) is 0 Å². The summed E-state index contributed by atoms with van der Waals surface area (Å²) in [5.74, 6) is -0.410. The number of nitrogens with zero attached hydrogens (tertiary/aromatic N) is 1. The van der Waals surface area contributed by atoms with Crippen molar-refractivity contribution < 1.29 is 9.90 Å². The maximum Gasteiger partial charge on any atom is 0.337 e. The second kappa shape index (κ2) is 5.90. The van der Waals surface area contributed by atoms with Crippen LogP contribution in [0.2, 0.25) is 0 Å². The zero-order valence-corrected chi connectivity index (χ0v) is 13.1. The van der Waals surface area contributed by atoms with Crippen LogP contribution in [0.4, 0.5) is 5.69 Å². The minimum absolute atomic E-state index is 0.368. The van der Waals surface area contributed by atoms with Crippen LogP contribution in [0, 0.1) is 0 Å². The number of aromatic carboxylic acids is 1. The number of rotatable bonds is 3. The lowest BCUT2D eigenvalue weighted by molar-refractivity contribution is 0.0697. The fourth-order valence-corrected chi connectivity index (χ4v) is 3.27. The Morgan fingerprint density at radius 3 is 2.67 bits per heavy atom. The molecule has 2 aromatic rings. The molecular weight excluding hydrogens is 330 g/mol. The largest absolute Gasteiger partial charge is 0.478 e. The Hall–Kier alpha value is -1.81. The lowest BCUT2D eigenvalue weighted by Gasteiger charge is -2.21. The number of hydrogen-bond donors (Lipinski definition) is 1. The molecule has 21 heavy (non-hydrogen) atoms. The number of hydrogen-bond acceptors (Lipinski definition) is 2. The summed E-state index contributed by atoms with van der Waals surface area (Å²) >= 11 is 3.43. The van der Waals surface area contributed by atoms with Crippen LogP contribution >= 0.6 is 15.9 Å². The second-order valence-electron chi connectivity index (χ2n) is 5.31. The third-order valence-corrected chi connectivity index (χ3v) is 4.48. The van der Waals surface area contributed by atoms with Crippen LogP contribution in [0.3, 0.4) is 0 Å². The molecule has 1 saturated heterocycles. The monoisotopic (exact) mass is 345 g/mol. The number of anilines is 1. The summed E-state index contributed by atoms with van der Waals surface area (Å²) in [4.78, 5) is 13.6. The van der Waals surface area contributed by atoms with Gasteiger partial charge in [0.2, 0.25) is 0 Å². The highest BCUT2D eigenvalue weighted by Gasteiger charge is 2.26. The maximum absolute atomic E-state index is 11.4. The Labute approximate surface area is 132 Å². The Kier molecular flexibility index (Phi) is 3.97. The Morgan fingerprint density at radius 2 is 1.95 bits per heavy atom. The zero-order valence-electron chi connectivity index (χ0n) is 11.5. The predicted molar refractivity (Wildman–Crippen MR) is 87.1 cm³/mol. The van der Waals surface area contributed by atoms with Crippen molar-refractivity contribution in [2.75, 3.05) is 18.0 Å². The van der Waals surface area contributed by atoms with E-state index < -0.39 is 5.97 Å². The highest BCUT2D eigenvalue weighted by atomic mass is 79.9. The minimum atomic E-state index is -0.874. The van der Waals surface area contributed by atoms with Crippen LogP contribution in [0.5, 0.6) is 0 Å². The van der Waals surface area contributed by atoms with E-state index in [1.807, 2.05) is 12.1 Å². The Balaban J connectivity index is 1.86. The molecule has 0 bridgehead atoms. The molecule has 1 unspecified atom stereocenters. The molecule has 3 rings (SSSR count). The minimum Gasteiger partial charge on any atom is -0.478 e. The summed E-state index contributed by atoms with van der Waals surface area (Å²) < 4.78 is 0.908. The van der Waals surface area contributed by atoms with Crippen molar-refractivity contribution in [3.05, 3.63) is 64.1 Å². The molecule has 0 saturated carbocycles. The van der Waals surface area contributed by atoms with Crippen molar-refractivity contribution in [1.82, 2.24) is 0 Å². The van der Waals surface area contributed by atoms with E-state index in [1.165, 1.54) is 5.56 Å². The molecule has 1 heterocycles. The Morgan fingerprint density at radius 1 is 1.19 bits per heavy atom. The van der Waals surface area contributed by atoms with Crippen LogP contribution < -0.4 is 4.90 Å². The van der Waals surface area contributed by atoms with Gasteiger partial charge in [0.25, 0.3) is 0 Å². The van der Waals surface area contributed by atoms with E-state index in [4.69, 9.17) is 0 Å². The van der Waals surface area contributed by atoms with Gasteiger partial charge in [0.15, 0.2) is 0 Å². The molecule has 3 nitrogen and oxygen atoms in total. The molecule has 108 valence electrons. The SMILES string of the molecule is O=C(O)c1ccc(Br)cc1N1CCC(c2ccccc2)C1. The fourth-order valence-electron chi connectivity index (χ4n) is 2.92. The van der Waals surface area contributed by atoms with Gasteiger partial charge in [0, 0.05) is 23.5 Å². The molecule has 0 radical (unpaired) electrons. The number of carboxylic acid groups (broad SMARTS) is 1. The molecule has 1 aliphatic rings. The average Bonchev–Trinajstić information content (AvgIpc) is 2.97. The van der Waals surface area contributed by atoms with E-state index in [2.05, 4.69) is 45.1 Å². The van der Waals surface area contributed by atoms with Gasteiger partial charge in [0.1, 0.15) is 0 Å². The van der Waals surface area contributed by atoms with E-state index in [-0.39, 0.29) is 0 Å². The highest BCUT2D eigenvalue weighted by molar-refractivity contribution is 9.10. The van der Waals surface area contributed by atoms with Crippen molar-refractivity contribution >= 4 is 27.6 Å². The molecule has 0 aromatic heterocycles. The fraction of sp³-hybridized carbons (Fsp3) is 0.235. The molecule has 1 N–H and O–H groups in total. The first-order chi connectivity index (χ1) is 10.1. The van der Waals surface area contributed by atoms with Gasteiger partial charge in [-0.05, 0) is 30.2 Å². The summed E-state index contributed by atoms with van der Waals surface area (Å²) in [6.07, 6.45) is 1.05. The molecule has 0 spiro atoms. The highest BCUT2D eigenvalue weighted by Crippen LogP contribution is 2.33. The van der Waals surface area contributed by atoms with Crippen LogP contribution in [-0.4, -0.2) is 24.2 Å². The van der Waals surface area contributed by atoms with Crippen LogP contribution in [-0.2, 0) is 0 Å². The van der Waals surface area contributed by atoms with Gasteiger partial charge in [-0.15, -0.1) is 0 Å². The van der Waals surface area contributed by atoms with Crippen LogP contribution in [0.1, 0.15) is 28.3 Å². The molecule has 1 fully saturated rings. The van der Waals surface area contributed by atoms with Gasteiger partial charge in [-0.1, -0.05) is 46.3 Å². The van der Waals surface area contributed by atoms with E-state index in [9.17, 15) is 9.90 Å². The zero-order chi connectivity index (χ0) is 14.8. The van der Waals surface area contributed by atoms with Crippen molar-refractivity contribution in [2.45, 2.75) is 12.3 Å². The van der Waals surface area contributed by atoms with E-state index >= 15 is 0 Å². The lowest BCUT2D eigenvalue weighted by Crippen LogP contribution is -2.21. The van der Waals surface area contributed by atoms with Crippen molar-refractivity contribution in [3.8, 4) is 0 Å². The molecule has 0 aliphatic carbocycles. The number of carboxylic acids is 1. The van der Waals surface area contributed by atoms with E-state index in [1.54, 1.807) is 12.1 Å². The van der Waals surface area contributed by atoms with Crippen molar-refractivity contribution in [2.24, 2.45) is 0 Å².